The zero-order valence-electron chi connectivity index (χ0n) is 15.9. The number of carbonyl (C=O) groups excluding carboxylic acids is 1. The van der Waals surface area contributed by atoms with Crippen molar-refractivity contribution in [2.75, 3.05) is 38.1 Å². The van der Waals surface area contributed by atoms with Crippen molar-refractivity contribution in [3.63, 3.8) is 0 Å². The summed E-state index contributed by atoms with van der Waals surface area (Å²) in [6.45, 7) is 4.50. The number of nitrogens with two attached hydrogens (primary N) is 1. The second-order valence-electron chi connectivity index (χ2n) is 7.18. The quantitative estimate of drug-likeness (QED) is 0.752. The van der Waals surface area contributed by atoms with Crippen LogP contribution in [-0.2, 0) is 11.3 Å². The van der Waals surface area contributed by atoms with Gasteiger partial charge in [-0.3, -0.25) is 4.79 Å². The van der Waals surface area contributed by atoms with Gasteiger partial charge in [-0.05, 0) is 26.0 Å². The van der Waals surface area contributed by atoms with E-state index in [1.54, 1.807) is 0 Å². The first-order valence-corrected chi connectivity index (χ1v) is 9.03. The van der Waals surface area contributed by atoms with Gasteiger partial charge in [-0.25, -0.2) is 4.98 Å². The van der Waals surface area contributed by atoms with Gasteiger partial charge in [0, 0.05) is 44.5 Å². The Morgan fingerprint density at radius 1 is 1.15 bits per heavy atom. The molecule has 9 heteroatoms. The lowest BCUT2D eigenvalue weighted by atomic mass is 9.82. The van der Waals surface area contributed by atoms with Crippen LogP contribution in [0.1, 0.15) is 37.7 Å². The number of hydrogen-bond acceptors (Lipinski definition) is 5. The van der Waals surface area contributed by atoms with E-state index in [0.29, 0.717) is 6.54 Å². The molecule has 0 spiro atoms. The van der Waals surface area contributed by atoms with Gasteiger partial charge in [-0.2, -0.15) is 0 Å². The number of likely N-dealkylation sites (N-methyl/N-ethyl adjacent to an activating group) is 1. The molecule has 1 aromatic heterocycles. The summed E-state index contributed by atoms with van der Waals surface area (Å²) in [7, 11) is 2.14. The Labute approximate surface area is 180 Å². The lowest BCUT2D eigenvalue weighted by Crippen LogP contribution is -2.54. The second-order valence-corrected chi connectivity index (χ2v) is 7.18. The smallest absolute Gasteiger partial charge is 0.240 e. The minimum Gasteiger partial charge on any atom is -0.354 e. The molecule has 1 amide bonds. The van der Waals surface area contributed by atoms with Gasteiger partial charge in [0.05, 0.1) is 5.54 Å². The molecule has 0 unspecified atom stereocenters. The predicted molar refractivity (Wildman–Crippen MR) is 118 cm³/mol. The molecular weight excluding hydrogens is 409 g/mol. The van der Waals surface area contributed by atoms with Gasteiger partial charge in [0.2, 0.25) is 5.91 Å². The molecule has 1 aliphatic heterocycles. The minimum absolute atomic E-state index is 0. The molecule has 27 heavy (non-hydrogen) atoms. The number of piperazine rings is 1. The summed E-state index contributed by atoms with van der Waals surface area (Å²) < 4.78 is 0. The summed E-state index contributed by atoms with van der Waals surface area (Å²) in [5, 5.41) is 3.06. The number of carbonyl (C=O) groups is 1. The molecule has 1 aromatic rings. The van der Waals surface area contributed by atoms with Crippen molar-refractivity contribution in [3.8, 4) is 0 Å². The third-order valence-corrected chi connectivity index (χ3v) is 5.31. The Morgan fingerprint density at radius 2 is 1.78 bits per heavy atom. The Bertz CT molecular complexity index is 576. The molecule has 0 radical (unpaired) electrons. The standard InChI is InChI=1S/C18H29N5O.3ClH/c1-22-10-12-23(13-11-22)16-15(6-5-9-20-16)14-21-17(24)18(19)7-3-2-4-8-18;;;/h5-6,9H,2-4,7-8,10-14,19H2,1H3,(H,21,24);3*1H. The highest BCUT2D eigenvalue weighted by Crippen LogP contribution is 2.26. The molecule has 0 bridgehead atoms. The van der Waals surface area contributed by atoms with E-state index in [9.17, 15) is 4.79 Å². The fourth-order valence-corrected chi connectivity index (χ4v) is 3.63. The maximum absolute atomic E-state index is 12.5. The number of rotatable bonds is 4. The van der Waals surface area contributed by atoms with Crippen molar-refractivity contribution in [1.82, 2.24) is 15.2 Å². The van der Waals surface area contributed by atoms with Crippen molar-refractivity contribution in [2.24, 2.45) is 5.73 Å². The first-order valence-electron chi connectivity index (χ1n) is 9.03. The number of nitrogens with one attached hydrogen (secondary N) is 1. The molecule has 2 fully saturated rings. The highest BCUT2D eigenvalue weighted by atomic mass is 35.5. The van der Waals surface area contributed by atoms with Crippen molar-refractivity contribution in [1.29, 1.82) is 0 Å². The highest BCUT2D eigenvalue weighted by molar-refractivity contribution is 5.86. The van der Waals surface area contributed by atoms with Crippen LogP contribution in [0, 0.1) is 0 Å². The number of pyridine rings is 1. The molecule has 0 aromatic carbocycles. The average molecular weight is 441 g/mol. The molecule has 3 rings (SSSR count). The third kappa shape index (κ3) is 6.64. The fourth-order valence-electron chi connectivity index (χ4n) is 3.63. The van der Waals surface area contributed by atoms with E-state index in [0.717, 1.165) is 63.2 Å². The van der Waals surface area contributed by atoms with E-state index >= 15 is 0 Å². The highest BCUT2D eigenvalue weighted by Gasteiger charge is 2.35. The second kappa shape index (κ2) is 11.9. The Balaban J connectivity index is 0.00000225. The fraction of sp³-hybridized carbons (Fsp3) is 0.667. The third-order valence-electron chi connectivity index (χ3n) is 5.31. The van der Waals surface area contributed by atoms with Crippen LogP contribution >= 0.6 is 37.2 Å². The summed E-state index contributed by atoms with van der Waals surface area (Å²) in [6, 6.07) is 3.98. The predicted octanol–water partition coefficient (Wildman–Crippen LogP) is 2.38. The van der Waals surface area contributed by atoms with Crippen LogP contribution < -0.4 is 16.0 Å². The van der Waals surface area contributed by atoms with Crippen molar-refractivity contribution in [3.05, 3.63) is 23.9 Å². The van der Waals surface area contributed by atoms with E-state index in [4.69, 9.17) is 5.73 Å². The Hall–Kier alpha value is -0.790. The van der Waals surface area contributed by atoms with Crippen LogP contribution in [0.3, 0.4) is 0 Å². The maximum atomic E-state index is 12.5. The number of anilines is 1. The van der Waals surface area contributed by atoms with Crippen molar-refractivity contribution < 1.29 is 4.79 Å². The van der Waals surface area contributed by atoms with Gasteiger partial charge in [-0.1, -0.05) is 25.3 Å². The summed E-state index contributed by atoms with van der Waals surface area (Å²) in [5.41, 5.74) is 6.70. The summed E-state index contributed by atoms with van der Waals surface area (Å²) in [5.74, 6) is 0.969. The average Bonchev–Trinajstić information content (AvgIpc) is 2.61. The summed E-state index contributed by atoms with van der Waals surface area (Å²) >= 11 is 0. The van der Waals surface area contributed by atoms with E-state index in [2.05, 4.69) is 27.1 Å². The number of nitrogens with zero attached hydrogens (tertiary/aromatic N) is 3. The Kier molecular flexibility index (Phi) is 11.6. The molecule has 0 atom stereocenters. The van der Waals surface area contributed by atoms with E-state index in [1.165, 1.54) is 6.42 Å². The van der Waals surface area contributed by atoms with Gasteiger partial charge >= 0.3 is 0 Å². The van der Waals surface area contributed by atoms with Crippen LogP contribution in [0.5, 0.6) is 0 Å². The number of amides is 1. The minimum atomic E-state index is -0.686. The van der Waals surface area contributed by atoms with Gasteiger partial charge in [0.1, 0.15) is 5.82 Å². The van der Waals surface area contributed by atoms with Crippen LogP contribution in [0.15, 0.2) is 18.3 Å². The molecule has 2 heterocycles. The van der Waals surface area contributed by atoms with E-state index < -0.39 is 5.54 Å². The molecule has 1 saturated carbocycles. The van der Waals surface area contributed by atoms with Gasteiger partial charge in [0.25, 0.3) is 0 Å². The molecule has 1 saturated heterocycles. The van der Waals surface area contributed by atoms with Gasteiger partial charge in [-0.15, -0.1) is 37.2 Å². The summed E-state index contributed by atoms with van der Waals surface area (Å²) in [6.07, 6.45) is 6.67. The van der Waals surface area contributed by atoms with Crippen LogP contribution in [0.2, 0.25) is 0 Å². The molecule has 156 valence electrons. The lowest BCUT2D eigenvalue weighted by Gasteiger charge is -2.34. The van der Waals surface area contributed by atoms with Crippen molar-refractivity contribution in [2.45, 2.75) is 44.2 Å². The first kappa shape index (κ1) is 26.2. The molecule has 6 nitrogen and oxygen atoms in total. The summed E-state index contributed by atoms with van der Waals surface area (Å²) in [4.78, 5) is 21.7. The zero-order valence-corrected chi connectivity index (χ0v) is 18.3. The van der Waals surface area contributed by atoms with Crippen LogP contribution in [0.25, 0.3) is 0 Å². The topological polar surface area (TPSA) is 74.5 Å². The normalized spacial score (nSPS) is 19.1. The lowest BCUT2D eigenvalue weighted by molar-refractivity contribution is -0.127. The molecule has 1 aliphatic carbocycles. The monoisotopic (exact) mass is 439 g/mol. The van der Waals surface area contributed by atoms with Crippen LogP contribution in [0.4, 0.5) is 5.82 Å². The number of halogens is 3. The molecule has 3 N–H and O–H groups in total. The van der Waals surface area contributed by atoms with E-state index in [1.807, 2.05) is 18.3 Å². The number of aromatic nitrogens is 1. The van der Waals surface area contributed by atoms with Crippen molar-refractivity contribution >= 4 is 48.9 Å². The molecule has 2 aliphatic rings. The number of hydrogen-bond donors (Lipinski definition) is 2. The van der Waals surface area contributed by atoms with E-state index in [-0.39, 0.29) is 43.1 Å². The zero-order chi connectivity index (χ0) is 17.0. The van der Waals surface area contributed by atoms with Crippen LogP contribution in [-0.4, -0.2) is 54.6 Å². The van der Waals surface area contributed by atoms with Gasteiger partial charge < -0.3 is 20.9 Å². The first-order chi connectivity index (χ1) is 11.6. The molecular formula is C18H32Cl3N5O. The maximum Gasteiger partial charge on any atom is 0.240 e. The largest absolute Gasteiger partial charge is 0.354 e. The SMILES string of the molecule is CN1CCN(c2ncccc2CNC(=O)C2(N)CCCCC2)CC1.Cl.Cl.Cl. The van der Waals surface area contributed by atoms with Gasteiger partial charge in [0.15, 0.2) is 0 Å². The Morgan fingerprint density at radius 3 is 2.41 bits per heavy atom.